The van der Waals surface area contributed by atoms with E-state index in [1.807, 2.05) is 19.0 Å². The molecule has 1 aliphatic rings. The van der Waals surface area contributed by atoms with Crippen LogP contribution in [0.5, 0.6) is 5.75 Å². The van der Waals surface area contributed by atoms with E-state index in [-0.39, 0.29) is 11.5 Å². The van der Waals surface area contributed by atoms with E-state index in [2.05, 4.69) is 0 Å². The number of nitrogens with zero attached hydrogens (tertiary/aromatic N) is 1. The minimum absolute atomic E-state index is 0.0240. The van der Waals surface area contributed by atoms with E-state index in [9.17, 15) is 9.18 Å². The zero-order valence-corrected chi connectivity index (χ0v) is 13.1. The minimum atomic E-state index is -0.502. The summed E-state index contributed by atoms with van der Waals surface area (Å²) in [5.74, 6) is -0.284. The van der Waals surface area contributed by atoms with Crippen molar-refractivity contribution in [3.63, 3.8) is 0 Å². The molecule has 116 valence electrons. The highest BCUT2D eigenvalue weighted by Crippen LogP contribution is 2.34. The molecule has 0 radical (unpaired) electrons. The Hall–Kier alpha value is -1.42. The molecule has 2 rings (SSSR count). The van der Waals surface area contributed by atoms with Crippen molar-refractivity contribution in [1.29, 1.82) is 0 Å². The van der Waals surface area contributed by atoms with E-state index in [1.54, 1.807) is 6.07 Å². The number of carbonyl (C=O) groups excluding carboxylic acids is 1. The Morgan fingerprint density at radius 1 is 1.19 bits per heavy atom. The van der Waals surface area contributed by atoms with Crippen molar-refractivity contribution in [1.82, 2.24) is 4.90 Å². The third-order valence-corrected chi connectivity index (χ3v) is 4.62. The molecule has 0 saturated heterocycles. The summed E-state index contributed by atoms with van der Waals surface area (Å²) in [6, 6.07) is 4.50. The van der Waals surface area contributed by atoms with Crippen LogP contribution in [0.4, 0.5) is 4.39 Å². The van der Waals surface area contributed by atoms with Crippen molar-refractivity contribution in [3.8, 4) is 5.75 Å². The quantitative estimate of drug-likeness (QED) is 0.626. The van der Waals surface area contributed by atoms with Gasteiger partial charge >= 0.3 is 0 Å². The van der Waals surface area contributed by atoms with E-state index in [1.165, 1.54) is 32.1 Å². The van der Waals surface area contributed by atoms with Gasteiger partial charge in [0, 0.05) is 5.56 Å². The number of carbonyl (C=O) groups is 1. The number of halogens is 1. The molecule has 4 heteroatoms. The zero-order valence-electron chi connectivity index (χ0n) is 13.1. The van der Waals surface area contributed by atoms with Gasteiger partial charge in [-0.25, -0.2) is 4.39 Å². The molecule has 1 saturated carbocycles. The fourth-order valence-electron chi connectivity index (χ4n) is 3.27. The number of benzene rings is 1. The molecule has 0 aliphatic heterocycles. The smallest absolute Gasteiger partial charge is 0.183 e. The number of ketones is 1. The standard InChI is InChI=1S/C17H24FNO2/c1-19(2)17(10-6-4-5-7-11-17)16(20)13-8-9-15(21-3)14(18)12-13/h8-9,12H,4-7,10-11H2,1-3H3. The average molecular weight is 293 g/mol. The number of hydrogen-bond donors (Lipinski definition) is 0. The van der Waals surface area contributed by atoms with Crippen molar-refractivity contribution < 1.29 is 13.9 Å². The van der Waals surface area contributed by atoms with E-state index in [0.717, 1.165) is 25.7 Å². The Morgan fingerprint density at radius 3 is 2.29 bits per heavy atom. The maximum atomic E-state index is 13.9. The van der Waals surface area contributed by atoms with Gasteiger partial charge in [0.15, 0.2) is 17.3 Å². The number of methoxy groups -OCH3 is 1. The van der Waals surface area contributed by atoms with Crippen molar-refractivity contribution in [2.75, 3.05) is 21.2 Å². The molecular formula is C17H24FNO2. The molecule has 21 heavy (non-hydrogen) atoms. The Balaban J connectivity index is 2.36. The summed E-state index contributed by atoms with van der Waals surface area (Å²) in [5.41, 5.74) is -0.0683. The predicted molar refractivity (Wildman–Crippen MR) is 81.4 cm³/mol. The van der Waals surface area contributed by atoms with Crippen LogP contribution in [0.2, 0.25) is 0 Å². The summed E-state index contributed by atoms with van der Waals surface area (Å²) in [6.07, 6.45) is 6.10. The lowest BCUT2D eigenvalue weighted by Gasteiger charge is -2.38. The van der Waals surface area contributed by atoms with Crippen LogP contribution in [-0.4, -0.2) is 37.4 Å². The van der Waals surface area contributed by atoms with Crippen LogP contribution in [0.15, 0.2) is 18.2 Å². The number of rotatable bonds is 4. The summed E-state index contributed by atoms with van der Waals surface area (Å²) in [4.78, 5) is 15.0. The number of Topliss-reactive ketones (excluding diaryl/α,β-unsaturated/α-hetero) is 1. The van der Waals surface area contributed by atoms with E-state index in [4.69, 9.17) is 4.74 Å². The molecule has 0 heterocycles. The van der Waals surface area contributed by atoms with Gasteiger partial charge in [0.05, 0.1) is 12.6 Å². The van der Waals surface area contributed by atoms with Gasteiger partial charge in [-0.2, -0.15) is 0 Å². The van der Waals surface area contributed by atoms with Crippen LogP contribution in [-0.2, 0) is 0 Å². The van der Waals surface area contributed by atoms with Crippen LogP contribution < -0.4 is 4.74 Å². The molecule has 0 bridgehead atoms. The van der Waals surface area contributed by atoms with Gasteiger partial charge in [0.25, 0.3) is 0 Å². The zero-order chi connectivity index (χ0) is 15.5. The fraction of sp³-hybridized carbons (Fsp3) is 0.588. The second-order valence-electron chi connectivity index (χ2n) is 6.02. The van der Waals surface area contributed by atoms with E-state index in [0.29, 0.717) is 5.56 Å². The summed E-state index contributed by atoms with van der Waals surface area (Å²) in [6.45, 7) is 0. The van der Waals surface area contributed by atoms with Gasteiger partial charge in [-0.1, -0.05) is 25.7 Å². The third kappa shape index (κ3) is 3.10. The van der Waals surface area contributed by atoms with Crippen LogP contribution in [0.1, 0.15) is 48.9 Å². The van der Waals surface area contributed by atoms with Gasteiger partial charge in [0.2, 0.25) is 0 Å². The van der Waals surface area contributed by atoms with Gasteiger partial charge in [-0.05, 0) is 45.1 Å². The van der Waals surface area contributed by atoms with E-state index >= 15 is 0 Å². The maximum Gasteiger partial charge on any atom is 0.183 e. The maximum absolute atomic E-state index is 13.9. The first-order chi connectivity index (χ1) is 10.0. The molecule has 0 aromatic heterocycles. The molecule has 1 aliphatic carbocycles. The average Bonchev–Trinajstić information content (AvgIpc) is 2.73. The largest absolute Gasteiger partial charge is 0.494 e. The Labute approximate surface area is 126 Å². The predicted octanol–water partition coefficient (Wildman–Crippen LogP) is 3.67. The molecule has 0 spiro atoms. The normalized spacial score (nSPS) is 18.3. The second-order valence-corrected chi connectivity index (χ2v) is 6.02. The number of likely N-dealkylation sites (N-methyl/N-ethyl adjacent to an activating group) is 1. The van der Waals surface area contributed by atoms with Crippen molar-refractivity contribution in [3.05, 3.63) is 29.6 Å². The summed E-state index contributed by atoms with van der Waals surface area (Å²) in [7, 11) is 5.32. The highest BCUT2D eigenvalue weighted by Gasteiger charge is 2.41. The topological polar surface area (TPSA) is 29.5 Å². The highest BCUT2D eigenvalue weighted by molar-refractivity contribution is 6.03. The first-order valence-corrected chi connectivity index (χ1v) is 7.57. The molecule has 0 atom stereocenters. The number of ether oxygens (including phenoxy) is 1. The van der Waals surface area contributed by atoms with Crippen molar-refractivity contribution in [2.24, 2.45) is 0 Å². The van der Waals surface area contributed by atoms with Crippen molar-refractivity contribution in [2.45, 2.75) is 44.1 Å². The molecule has 0 amide bonds. The molecule has 0 N–H and O–H groups in total. The van der Waals surface area contributed by atoms with Gasteiger partial charge < -0.3 is 4.74 Å². The van der Waals surface area contributed by atoms with Gasteiger partial charge in [0.1, 0.15) is 0 Å². The summed E-state index contributed by atoms with van der Waals surface area (Å²) < 4.78 is 18.8. The molecule has 3 nitrogen and oxygen atoms in total. The molecule has 0 unspecified atom stereocenters. The minimum Gasteiger partial charge on any atom is -0.494 e. The molecule has 1 fully saturated rings. The Bertz CT molecular complexity index is 506. The lowest BCUT2D eigenvalue weighted by Crippen LogP contribution is -2.50. The van der Waals surface area contributed by atoms with Crippen LogP contribution >= 0.6 is 0 Å². The fourth-order valence-corrected chi connectivity index (χ4v) is 3.27. The Kier molecular flexibility index (Phi) is 4.99. The second kappa shape index (κ2) is 6.56. The first kappa shape index (κ1) is 16.0. The SMILES string of the molecule is COc1ccc(C(=O)C2(N(C)C)CCCCCC2)cc1F. The first-order valence-electron chi connectivity index (χ1n) is 7.57. The van der Waals surface area contributed by atoms with Crippen LogP contribution in [0.3, 0.4) is 0 Å². The molecule has 1 aromatic rings. The highest BCUT2D eigenvalue weighted by atomic mass is 19.1. The van der Waals surface area contributed by atoms with Gasteiger partial charge in [-0.3, -0.25) is 9.69 Å². The number of hydrogen-bond acceptors (Lipinski definition) is 3. The van der Waals surface area contributed by atoms with Crippen LogP contribution in [0.25, 0.3) is 0 Å². The monoisotopic (exact) mass is 293 g/mol. The van der Waals surface area contributed by atoms with Crippen LogP contribution in [0, 0.1) is 5.82 Å². The van der Waals surface area contributed by atoms with E-state index < -0.39 is 11.4 Å². The summed E-state index contributed by atoms with van der Waals surface area (Å²) >= 11 is 0. The summed E-state index contributed by atoms with van der Waals surface area (Å²) in [5, 5.41) is 0. The van der Waals surface area contributed by atoms with Gasteiger partial charge in [-0.15, -0.1) is 0 Å². The molecular weight excluding hydrogens is 269 g/mol. The lowest BCUT2D eigenvalue weighted by molar-refractivity contribution is 0.0634. The Morgan fingerprint density at radius 2 is 1.81 bits per heavy atom. The lowest BCUT2D eigenvalue weighted by atomic mass is 9.81. The third-order valence-electron chi connectivity index (χ3n) is 4.62. The van der Waals surface area contributed by atoms with Crippen molar-refractivity contribution >= 4 is 5.78 Å². The molecule has 1 aromatic carbocycles.